The van der Waals surface area contributed by atoms with E-state index in [0.29, 0.717) is 6.29 Å². The van der Waals surface area contributed by atoms with Crippen LogP contribution < -0.4 is 0 Å². The van der Waals surface area contributed by atoms with E-state index in [1.165, 1.54) is 6.07 Å². The van der Waals surface area contributed by atoms with E-state index in [4.69, 9.17) is 11.6 Å². The predicted octanol–water partition coefficient (Wildman–Crippen LogP) is 3.25. The zero-order chi connectivity index (χ0) is 10.0. The Kier molecular flexibility index (Phi) is 3.33. The number of hydrogen-bond acceptors (Lipinski definition) is 2. The lowest BCUT2D eigenvalue weighted by atomic mass is 10.2. The average Bonchev–Trinajstić information content (AvgIpc) is 2.02. The van der Waals surface area contributed by atoms with E-state index in [1.807, 2.05) is 0 Å². The summed E-state index contributed by atoms with van der Waals surface area (Å²) in [5.74, 6) is 0. The lowest BCUT2D eigenvalue weighted by Crippen LogP contribution is -1.95. The molecule has 70 valence electrons. The number of halogens is 4. The Hall–Kier alpha value is -0.550. The average molecular weight is 270 g/mol. The molecule has 0 aliphatic heterocycles. The van der Waals surface area contributed by atoms with Crippen molar-refractivity contribution in [3.05, 3.63) is 26.9 Å². The molecule has 1 aromatic rings. The van der Waals surface area contributed by atoms with Crippen molar-refractivity contribution in [2.45, 2.75) is 6.43 Å². The second-order valence-electron chi connectivity index (χ2n) is 2.15. The minimum Gasteiger partial charge on any atom is -0.296 e. The fourth-order valence-electron chi connectivity index (χ4n) is 0.767. The standard InChI is InChI=1S/C7H3BrClF2NO/c8-4-1-3(2-13)12-6(9)5(4)7(10)11/h1-2,7H. The van der Waals surface area contributed by atoms with Gasteiger partial charge >= 0.3 is 0 Å². The molecule has 0 radical (unpaired) electrons. The van der Waals surface area contributed by atoms with Gasteiger partial charge in [-0.05, 0) is 6.07 Å². The predicted molar refractivity (Wildman–Crippen MR) is 47.3 cm³/mol. The van der Waals surface area contributed by atoms with Crippen LogP contribution in [0.4, 0.5) is 8.78 Å². The first-order chi connectivity index (χ1) is 6.06. The van der Waals surface area contributed by atoms with Gasteiger partial charge in [0.25, 0.3) is 6.43 Å². The molecule has 0 atom stereocenters. The molecule has 0 amide bonds. The van der Waals surface area contributed by atoms with Crippen LogP contribution in [0.2, 0.25) is 5.15 Å². The molecule has 0 aliphatic carbocycles. The fraction of sp³-hybridized carbons (Fsp3) is 0.143. The summed E-state index contributed by atoms with van der Waals surface area (Å²) in [6.07, 6.45) is -2.28. The normalized spacial score (nSPS) is 10.5. The van der Waals surface area contributed by atoms with Crippen LogP contribution in [0, 0.1) is 0 Å². The molecule has 0 aliphatic rings. The van der Waals surface area contributed by atoms with E-state index in [2.05, 4.69) is 20.9 Å². The number of carbonyl (C=O) groups excluding carboxylic acids is 1. The highest BCUT2D eigenvalue weighted by Crippen LogP contribution is 2.32. The molecule has 0 N–H and O–H groups in total. The molecule has 6 heteroatoms. The molecule has 0 fully saturated rings. The van der Waals surface area contributed by atoms with Gasteiger partial charge in [0.1, 0.15) is 10.8 Å². The van der Waals surface area contributed by atoms with E-state index >= 15 is 0 Å². The van der Waals surface area contributed by atoms with E-state index in [0.717, 1.165) is 0 Å². The SMILES string of the molecule is O=Cc1cc(Br)c(C(F)F)c(Cl)n1. The van der Waals surface area contributed by atoms with E-state index in [9.17, 15) is 13.6 Å². The van der Waals surface area contributed by atoms with Crippen LogP contribution in [0.3, 0.4) is 0 Å². The summed E-state index contributed by atoms with van der Waals surface area (Å²) in [6.45, 7) is 0. The van der Waals surface area contributed by atoms with Crippen LogP contribution in [-0.2, 0) is 0 Å². The molecule has 2 nitrogen and oxygen atoms in total. The van der Waals surface area contributed by atoms with Crippen molar-refractivity contribution in [3.63, 3.8) is 0 Å². The van der Waals surface area contributed by atoms with Crippen LogP contribution >= 0.6 is 27.5 Å². The Morgan fingerprint density at radius 3 is 2.62 bits per heavy atom. The number of alkyl halides is 2. The fourth-order valence-corrected chi connectivity index (χ4v) is 1.76. The number of aromatic nitrogens is 1. The first kappa shape index (κ1) is 10.5. The lowest BCUT2D eigenvalue weighted by Gasteiger charge is -2.05. The highest BCUT2D eigenvalue weighted by Gasteiger charge is 2.17. The molecule has 0 unspecified atom stereocenters. The second kappa shape index (κ2) is 4.11. The van der Waals surface area contributed by atoms with Crippen molar-refractivity contribution in [1.82, 2.24) is 4.98 Å². The summed E-state index contributed by atoms with van der Waals surface area (Å²) in [6, 6.07) is 1.19. The maximum absolute atomic E-state index is 12.3. The quantitative estimate of drug-likeness (QED) is 0.610. The zero-order valence-corrected chi connectivity index (χ0v) is 8.44. The van der Waals surface area contributed by atoms with Crippen LogP contribution in [-0.4, -0.2) is 11.3 Å². The molecule has 0 saturated heterocycles. The summed E-state index contributed by atoms with van der Waals surface area (Å²) in [5.41, 5.74) is -0.381. The molecule has 0 aromatic carbocycles. The largest absolute Gasteiger partial charge is 0.296 e. The summed E-state index contributed by atoms with van der Waals surface area (Å²) >= 11 is 8.30. The van der Waals surface area contributed by atoms with Gasteiger partial charge in [0.15, 0.2) is 6.29 Å². The van der Waals surface area contributed by atoms with E-state index in [-0.39, 0.29) is 15.3 Å². The maximum Gasteiger partial charge on any atom is 0.267 e. The van der Waals surface area contributed by atoms with Gasteiger partial charge in [-0.2, -0.15) is 0 Å². The molecule has 0 spiro atoms. The van der Waals surface area contributed by atoms with Gasteiger partial charge in [-0.3, -0.25) is 4.79 Å². The smallest absolute Gasteiger partial charge is 0.267 e. The van der Waals surface area contributed by atoms with Crippen molar-refractivity contribution in [1.29, 1.82) is 0 Å². The number of hydrogen-bond donors (Lipinski definition) is 0. The summed E-state index contributed by atoms with van der Waals surface area (Å²) in [5, 5.41) is -0.355. The van der Waals surface area contributed by atoms with Gasteiger partial charge in [0.2, 0.25) is 0 Å². The van der Waals surface area contributed by atoms with Crippen molar-refractivity contribution in [2.75, 3.05) is 0 Å². The van der Waals surface area contributed by atoms with Crippen molar-refractivity contribution < 1.29 is 13.6 Å². The molecule has 1 rings (SSSR count). The summed E-state index contributed by atoms with van der Waals surface area (Å²) in [7, 11) is 0. The van der Waals surface area contributed by atoms with Gasteiger partial charge in [-0.25, -0.2) is 13.8 Å². The highest BCUT2D eigenvalue weighted by atomic mass is 79.9. The summed E-state index contributed by atoms with van der Waals surface area (Å²) < 4.78 is 24.7. The molecule has 0 saturated carbocycles. The third-order valence-corrected chi connectivity index (χ3v) is 2.26. The van der Waals surface area contributed by atoms with Gasteiger partial charge in [-0.15, -0.1) is 0 Å². The molecular weight excluding hydrogens is 267 g/mol. The van der Waals surface area contributed by atoms with Crippen LogP contribution in [0.5, 0.6) is 0 Å². The molecule has 0 bridgehead atoms. The molecule has 1 heterocycles. The third-order valence-electron chi connectivity index (χ3n) is 1.32. The van der Waals surface area contributed by atoms with Gasteiger partial charge in [-0.1, -0.05) is 27.5 Å². The minimum absolute atomic E-state index is 0.0151. The third kappa shape index (κ3) is 2.22. The molecule has 1 aromatic heterocycles. The topological polar surface area (TPSA) is 30.0 Å². The minimum atomic E-state index is -2.71. The van der Waals surface area contributed by atoms with Crippen LogP contribution in [0.15, 0.2) is 10.5 Å². The highest BCUT2D eigenvalue weighted by molar-refractivity contribution is 9.10. The van der Waals surface area contributed by atoms with E-state index in [1.54, 1.807) is 0 Å². The number of pyridine rings is 1. The maximum atomic E-state index is 12.3. The van der Waals surface area contributed by atoms with Gasteiger partial charge in [0.05, 0.1) is 5.56 Å². The van der Waals surface area contributed by atoms with Crippen molar-refractivity contribution in [3.8, 4) is 0 Å². The van der Waals surface area contributed by atoms with Crippen LogP contribution in [0.1, 0.15) is 22.5 Å². The number of nitrogens with zero attached hydrogens (tertiary/aromatic N) is 1. The Labute approximate surface area is 86.0 Å². The van der Waals surface area contributed by atoms with Gasteiger partial charge in [0, 0.05) is 4.47 Å². The Balaban J connectivity index is 3.31. The first-order valence-electron chi connectivity index (χ1n) is 3.15. The number of carbonyl (C=O) groups is 1. The zero-order valence-electron chi connectivity index (χ0n) is 6.10. The van der Waals surface area contributed by atoms with Crippen molar-refractivity contribution >= 4 is 33.8 Å². The Morgan fingerprint density at radius 2 is 2.23 bits per heavy atom. The second-order valence-corrected chi connectivity index (χ2v) is 3.36. The first-order valence-corrected chi connectivity index (χ1v) is 4.32. The van der Waals surface area contributed by atoms with Crippen molar-refractivity contribution in [2.24, 2.45) is 0 Å². The Morgan fingerprint density at radius 1 is 1.62 bits per heavy atom. The van der Waals surface area contributed by atoms with Gasteiger partial charge < -0.3 is 0 Å². The molecular formula is C7H3BrClF2NO. The Bertz CT molecular complexity index is 322. The number of aldehydes is 1. The number of rotatable bonds is 2. The van der Waals surface area contributed by atoms with E-state index < -0.39 is 12.0 Å². The van der Waals surface area contributed by atoms with Crippen LogP contribution in [0.25, 0.3) is 0 Å². The summed E-state index contributed by atoms with van der Waals surface area (Å²) in [4.78, 5) is 13.7. The molecule has 13 heavy (non-hydrogen) atoms. The lowest BCUT2D eigenvalue weighted by molar-refractivity contribution is 0.111. The monoisotopic (exact) mass is 269 g/mol.